The van der Waals surface area contributed by atoms with Gasteiger partial charge in [0, 0.05) is 11.1 Å². The molecule has 5 heteroatoms. The number of halogens is 1. The Balaban J connectivity index is 1.76. The average molecular weight is 305 g/mol. The normalized spacial score (nSPS) is 9.62. The highest BCUT2D eigenvalue weighted by Crippen LogP contribution is 2.15. The highest BCUT2D eigenvalue weighted by molar-refractivity contribution is 6.30. The van der Waals surface area contributed by atoms with Crippen LogP contribution in [0.15, 0.2) is 45.6 Å². The molecule has 0 radical (unpaired) electrons. The second-order valence-electron chi connectivity index (χ2n) is 4.11. The van der Waals surface area contributed by atoms with Gasteiger partial charge in [-0.3, -0.25) is 0 Å². The van der Waals surface area contributed by atoms with Crippen molar-refractivity contribution in [2.45, 2.75) is 6.92 Å². The van der Waals surface area contributed by atoms with Crippen LogP contribution in [-0.2, 0) is 0 Å². The fraction of sp³-hybridized carbons (Fsp3) is 0.188. The molecule has 1 heterocycles. The van der Waals surface area contributed by atoms with Crippen LogP contribution in [0.4, 0.5) is 0 Å². The van der Waals surface area contributed by atoms with Crippen molar-refractivity contribution in [3.05, 3.63) is 57.6 Å². The molecular weight excluding hydrogens is 292 g/mol. The minimum atomic E-state index is -0.441. The molecule has 1 aromatic carbocycles. The first-order valence-corrected chi connectivity index (χ1v) is 6.60. The Morgan fingerprint density at radius 3 is 2.29 bits per heavy atom. The van der Waals surface area contributed by atoms with Crippen molar-refractivity contribution in [1.82, 2.24) is 0 Å². The molecule has 0 fully saturated rings. The predicted octanol–water partition coefficient (Wildman–Crippen LogP) is 3.06. The van der Waals surface area contributed by atoms with Crippen molar-refractivity contribution >= 4 is 11.6 Å². The summed E-state index contributed by atoms with van der Waals surface area (Å²) in [4.78, 5) is 11.1. The summed E-state index contributed by atoms with van der Waals surface area (Å²) < 4.78 is 15.5. The molecule has 0 aliphatic rings. The van der Waals surface area contributed by atoms with Crippen LogP contribution < -0.4 is 15.1 Å². The molecule has 0 atom stereocenters. The summed E-state index contributed by atoms with van der Waals surface area (Å²) >= 11 is 5.77. The molecule has 0 amide bonds. The van der Waals surface area contributed by atoms with Gasteiger partial charge < -0.3 is 13.9 Å². The van der Waals surface area contributed by atoms with Gasteiger partial charge in [-0.2, -0.15) is 0 Å². The van der Waals surface area contributed by atoms with Crippen LogP contribution in [0.5, 0.6) is 11.5 Å². The van der Waals surface area contributed by atoms with Crippen LogP contribution in [0.3, 0.4) is 0 Å². The summed E-state index contributed by atoms with van der Waals surface area (Å²) in [7, 11) is 0. The van der Waals surface area contributed by atoms with E-state index in [1.807, 2.05) is 0 Å². The van der Waals surface area contributed by atoms with Gasteiger partial charge in [0.25, 0.3) is 0 Å². The van der Waals surface area contributed by atoms with Crippen molar-refractivity contribution in [2.75, 3.05) is 13.2 Å². The maximum absolute atomic E-state index is 11.1. The molecule has 0 spiro atoms. The minimum Gasteiger partial charge on any atom is -0.481 e. The Morgan fingerprint density at radius 1 is 1.05 bits per heavy atom. The fourth-order valence-electron chi connectivity index (χ4n) is 1.53. The summed E-state index contributed by atoms with van der Waals surface area (Å²) in [6, 6.07) is 9.94. The number of benzene rings is 1. The molecule has 0 aliphatic carbocycles. The minimum absolute atomic E-state index is 0.173. The highest BCUT2D eigenvalue weighted by Gasteiger charge is 1.97. The molecule has 0 bridgehead atoms. The molecule has 21 heavy (non-hydrogen) atoms. The van der Waals surface area contributed by atoms with Crippen molar-refractivity contribution < 1.29 is 13.9 Å². The Bertz CT molecular complexity index is 708. The van der Waals surface area contributed by atoms with E-state index in [-0.39, 0.29) is 13.2 Å². The topological polar surface area (TPSA) is 48.7 Å². The van der Waals surface area contributed by atoms with Gasteiger partial charge in [0.2, 0.25) is 0 Å². The SMILES string of the molecule is Cc1cc(OCC#CCOc2ccc(Cl)cc2)cc(=O)o1. The molecule has 4 nitrogen and oxygen atoms in total. The maximum Gasteiger partial charge on any atom is 0.339 e. The molecule has 0 aliphatic heterocycles. The van der Waals surface area contributed by atoms with Crippen LogP contribution in [0, 0.1) is 18.8 Å². The van der Waals surface area contributed by atoms with Gasteiger partial charge in [-0.1, -0.05) is 23.4 Å². The van der Waals surface area contributed by atoms with Crippen LogP contribution in [0.2, 0.25) is 5.02 Å². The van der Waals surface area contributed by atoms with Gasteiger partial charge in [0.1, 0.15) is 30.5 Å². The van der Waals surface area contributed by atoms with E-state index < -0.39 is 5.63 Å². The zero-order chi connectivity index (χ0) is 15.1. The lowest BCUT2D eigenvalue weighted by Crippen LogP contribution is -2.02. The van der Waals surface area contributed by atoms with E-state index in [4.69, 9.17) is 25.5 Å². The number of hydrogen-bond acceptors (Lipinski definition) is 4. The zero-order valence-electron chi connectivity index (χ0n) is 11.4. The molecule has 0 unspecified atom stereocenters. The number of ether oxygens (including phenoxy) is 2. The summed E-state index contributed by atoms with van der Waals surface area (Å²) in [5, 5.41) is 0.657. The maximum atomic E-state index is 11.1. The number of hydrogen-bond donors (Lipinski definition) is 0. The monoisotopic (exact) mass is 304 g/mol. The van der Waals surface area contributed by atoms with Gasteiger partial charge in [-0.15, -0.1) is 0 Å². The molecule has 1 aromatic heterocycles. The molecule has 0 saturated heterocycles. The first kappa shape index (κ1) is 15.0. The van der Waals surface area contributed by atoms with E-state index in [1.54, 1.807) is 37.3 Å². The first-order valence-electron chi connectivity index (χ1n) is 6.22. The Labute approximate surface area is 127 Å². The fourth-order valence-corrected chi connectivity index (χ4v) is 1.66. The Kier molecular flexibility index (Phi) is 5.30. The second kappa shape index (κ2) is 7.41. The van der Waals surface area contributed by atoms with Crippen LogP contribution in [0.25, 0.3) is 0 Å². The standard InChI is InChI=1S/C16H13ClO4/c1-12-10-15(11-16(18)21-12)20-9-3-2-8-19-14-6-4-13(17)5-7-14/h4-7,10-11H,8-9H2,1H3. The molecule has 0 saturated carbocycles. The summed E-state index contributed by atoms with van der Waals surface area (Å²) in [5.41, 5.74) is -0.441. The van der Waals surface area contributed by atoms with Crippen molar-refractivity contribution in [1.29, 1.82) is 0 Å². The molecule has 0 N–H and O–H groups in total. The lowest BCUT2D eigenvalue weighted by atomic mass is 10.3. The van der Waals surface area contributed by atoms with Gasteiger partial charge in [-0.25, -0.2) is 4.79 Å². The highest BCUT2D eigenvalue weighted by atomic mass is 35.5. The summed E-state index contributed by atoms with van der Waals surface area (Å²) in [5.74, 6) is 7.25. The molecule has 108 valence electrons. The summed E-state index contributed by atoms with van der Waals surface area (Å²) in [6.07, 6.45) is 0. The van der Waals surface area contributed by atoms with Crippen molar-refractivity contribution in [2.24, 2.45) is 0 Å². The number of aryl methyl sites for hydroxylation is 1. The van der Waals surface area contributed by atoms with E-state index in [0.717, 1.165) is 0 Å². The lowest BCUT2D eigenvalue weighted by molar-refractivity contribution is 0.355. The largest absolute Gasteiger partial charge is 0.481 e. The predicted molar refractivity (Wildman–Crippen MR) is 79.9 cm³/mol. The first-order chi connectivity index (χ1) is 10.1. The van der Waals surface area contributed by atoms with E-state index in [2.05, 4.69) is 11.8 Å². The third-order valence-corrected chi connectivity index (χ3v) is 2.68. The van der Waals surface area contributed by atoms with Gasteiger partial charge >= 0.3 is 5.63 Å². The third-order valence-electron chi connectivity index (χ3n) is 2.43. The van der Waals surface area contributed by atoms with Crippen LogP contribution in [0.1, 0.15) is 5.76 Å². The molecule has 2 aromatic rings. The Hall–Kier alpha value is -2.38. The van der Waals surface area contributed by atoms with Crippen molar-refractivity contribution in [3.63, 3.8) is 0 Å². The third kappa shape index (κ3) is 5.25. The van der Waals surface area contributed by atoms with E-state index >= 15 is 0 Å². The number of rotatable bonds is 4. The summed E-state index contributed by atoms with van der Waals surface area (Å²) in [6.45, 7) is 2.10. The zero-order valence-corrected chi connectivity index (χ0v) is 12.1. The second-order valence-corrected chi connectivity index (χ2v) is 4.54. The van der Waals surface area contributed by atoms with E-state index in [9.17, 15) is 4.79 Å². The smallest absolute Gasteiger partial charge is 0.339 e. The van der Waals surface area contributed by atoms with Crippen LogP contribution >= 0.6 is 11.6 Å². The molecular formula is C16H13ClO4. The van der Waals surface area contributed by atoms with E-state index in [1.165, 1.54) is 6.07 Å². The Morgan fingerprint density at radius 2 is 1.67 bits per heavy atom. The van der Waals surface area contributed by atoms with Gasteiger partial charge in [-0.05, 0) is 31.2 Å². The average Bonchev–Trinajstić information content (AvgIpc) is 2.43. The van der Waals surface area contributed by atoms with Gasteiger partial charge in [0.15, 0.2) is 0 Å². The van der Waals surface area contributed by atoms with Crippen LogP contribution in [-0.4, -0.2) is 13.2 Å². The molecule has 2 rings (SSSR count). The van der Waals surface area contributed by atoms with E-state index in [0.29, 0.717) is 22.3 Å². The quantitative estimate of drug-likeness (QED) is 0.815. The lowest BCUT2D eigenvalue weighted by Gasteiger charge is -2.02. The van der Waals surface area contributed by atoms with Gasteiger partial charge in [0.05, 0.1) is 6.07 Å². The van der Waals surface area contributed by atoms with Crippen molar-refractivity contribution in [3.8, 4) is 23.3 Å².